The molecular formula is C19H17Cl2F3N2O3S. The topological polar surface area (TPSA) is 66.5 Å². The second-order valence-electron chi connectivity index (χ2n) is 6.83. The highest BCUT2D eigenvalue weighted by Crippen LogP contribution is 2.37. The zero-order chi connectivity index (χ0) is 22.1. The summed E-state index contributed by atoms with van der Waals surface area (Å²) < 4.78 is 66.6. The minimum Gasteiger partial charge on any atom is -0.325 e. The fourth-order valence-electron chi connectivity index (χ4n) is 3.23. The maximum Gasteiger partial charge on any atom is 0.418 e. The smallest absolute Gasteiger partial charge is 0.325 e. The standard InChI is InChI=1S/C19H17Cl2F3N2O3S/c20-13-3-6-15(7-4-13)30(28,29)26-9-1-2-12(11-26)18(27)25-17-8-5-14(21)10-16(17)19(22,23)24/h3-8,10,12H,1-2,9,11H2,(H,25,27)/t12-/m0/s1. The van der Waals surface area contributed by atoms with Gasteiger partial charge in [-0.2, -0.15) is 17.5 Å². The summed E-state index contributed by atoms with van der Waals surface area (Å²) in [6, 6.07) is 8.67. The number of rotatable bonds is 4. The second kappa shape index (κ2) is 8.74. The molecule has 0 aliphatic carbocycles. The third-order valence-corrected chi connectivity index (χ3v) is 7.12. The first kappa shape index (κ1) is 22.9. The van der Waals surface area contributed by atoms with Crippen molar-refractivity contribution in [3.63, 3.8) is 0 Å². The first-order chi connectivity index (χ1) is 14.0. The van der Waals surface area contributed by atoms with Gasteiger partial charge in [0, 0.05) is 23.1 Å². The summed E-state index contributed by atoms with van der Waals surface area (Å²) in [7, 11) is -3.86. The Bertz CT molecular complexity index is 1040. The maximum absolute atomic E-state index is 13.2. The Morgan fingerprint density at radius 3 is 2.33 bits per heavy atom. The highest BCUT2D eigenvalue weighted by atomic mass is 35.5. The Balaban J connectivity index is 1.78. The average molecular weight is 481 g/mol. The number of carbonyl (C=O) groups is 1. The van der Waals surface area contributed by atoms with Gasteiger partial charge in [-0.1, -0.05) is 23.2 Å². The summed E-state index contributed by atoms with van der Waals surface area (Å²) in [5, 5.41) is 2.55. The lowest BCUT2D eigenvalue weighted by Gasteiger charge is -2.31. The molecule has 11 heteroatoms. The van der Waals surface area contributed by atoms with Gasteiger partial charge >= 0.3 is 6.18 Å². The Kier molecular flexibility index (Phi) is 6.66. The van der Waals surface area contributed by atoms with E-state index in [1.807, 2.05) is 0 Å². The SMILES string of the molecule is O=C(Nc1ccc(Cl)cc1C(F)(F)F)[C@H]1CCCN(S(=O)(=O)c2ccc(Cl)cc2)C1. The third kappa shape index (κ3) is 5.08. The van der Waals surface area contributed by atoms with Crippen LogP contribution in [0.15, 0.2) is 47.4 Å². The van der Waals surface area contributed by atoms with Crippen LogP contribution >= 0.6 is 23.2 Å². The number of halogens is 5. The van der Waals surface area contributed by atoms with E-state index in [0.717, 1.165) is 16.4 Å². The number of nitrogens with one attached hydrogen (secondary N) is 1. The molecule has 0 bridgehead atoms. The van der Waals surface area contributed by atoms with Crippen LogP contribution in [0.3, 0.4) is 0 Å². The summed E-state index contributed by atoms with van der Waals surface area (Å²) in [4.78, 5) is 12.7. The van der Waals surface area contributed by atoms with E-state index in [9.17, 15) is 26.4 Å². The Morgan fingerprint density at radius 1 is 1.07 bits per heavy atom. The molecule has 1 aliphatic heterocycles. The number of anilines is 1. The highest BCUT2D eigenvalue weighted by Gasteiger charge is 2.36. The number of nitrogens with zero attached hydrogens (tertiary/aromatic N) is 1. The maximum atomic E-state index is 13.2. The molecule has 0 unspecified atom stereocenters. The van der Waals surface area contributed by atoms with Crippen LogP contribution in [0.2, 0.25) is 10.0 Å². The van der Waals surface area contributed by atoms with Crippen LogP contribution in [0.5, 0.6) is 0 Å². The molecule has 1 amide bonds. The van der Waals surface area contributed by atoms with E-state index in [1.54, 1.807) is 0 Å². The molecular weight excluding hydrogens is 464 g/mol. The molecule has 3 rings (SSSR count). The normalized spacial score (nSPS) is 18.2. The van der Waals surface area contributed by atoms with E-state index in [4.69, 9.17) is 23.2 Å². The molecule has 0 spiro atoms. The van der Waals surface area contributed by atoms with Gasteiger partial charge in [0.05, 0.1) is 22.1 Å². The first-order valence-corrected chi connectivity index (χ1v) is 11.1. The van der Waals surface area contributed by atoms with E-state index in [0.29, 0.717) is 17.9 Å². The van der Waals surface area contributed by atoms with E-state index < -0.39 is 39.3 Å². The van der Waals surface area contributed by atoms with E-state index in [1.165, 1.54) is 30.3 Å². The van der Waals surface area contributed by atoms with E-state index >= 15 is 0 Å². The highest BCUT2D eigenvalue weighted by molar-refractivity contribution is 7.89. The van der Waals surface area contributed by atoms with Gasteiger partial charge in [-0.05, 0) is 55.3 Å². The number of hydrogen-bond acceptors (Lipinski definition) is 3. The largest absolute Gasteiger partial charge is 0.418 e. The zero-order valence-corrected chi connectivity index (χ0v) is 17.7. The predicted molar refractivity (Wildman–Crippen MR) is 108 cm³/mol. The molecule has 1 saturated heterocycles. The van der Waals surface area contributed by atoms with Crippen molar-refractivity contribution in [2.75, 3.05) is 18.4 Å². The number of piperidine rings is 1. The lowest BCUT2D eigenvalue weighted by molar-refractivity contribution is -0.137. The van der Waals surface area contributed by atoms with Crippen LogP contribution < -0.4 is 5.32 Å². The first-order valence-electron chi connectivity index (χ1n) is 8.92. The van der Waals surface area contributed by atoms with Crippen molar-refractivity contribution in [2.24, 2.45) is 5.92 Å². The Morgan fingerprint density at radius 2 is 1.70 bits per heavy atom. The van der Waals surface area contributed by atoms with Gasteiger partial charge in [-0.3, -0.25) is 4.79 Å². The van der Waals surface area contributed by atoms with Crippen LogP contribution in [0.1, 0.15) is 18.4 Å². The molecule has 0 saturated carbocycles. The zero-order valence-electron chi connectivity index (χ0n) is 15.4. The summed E-state index contributed by atoms with van der Waals surface area (Å²) in [5.41, 5.74) is -1.49. The van der Waals surface area contributed by atoms with Crippen molar-refractivity contribution < 1.29 is 26.4 Å². The van der Waals surface area contributed by atoms with Crippen molar-refractivity contribution in [3.8, 4) is 0 Å². The van der Waals surface area contributed by atoms with Crippen LogP contribution in [-0.2, 0) is 21.0 Å². The van der Waals surface area contributed by atoms with Gasteiger partial charge < -0.3 is 5.32 Å². The number of benzene rings is 2. The lowest BCUT2D eigenvalue weighted by Crippen LogP contribution is -2.43. The van der Waals surface area contributed by atoms with Gasteiger partial charge in [0.2, 0.25) is 15.9 Å². The quantitative estimate of drug-likeness (QED) is 0.665. The third-order valence-electron chi connectivity index (χ3n) is 4.75. The molecule has 30 heavy (non-hydrogen) atoms. The summed E-state index contributed by atoms with van der Waals surface area (Å²) in [6.45, 7) is 0.0786. The minimum absolute atomic E-state index is 0.0324. The molecule has 0 aromatic heterocycles. The fourth-order valence-corrected chi connectivity index (χ4v) is 5.05. The molecule has 1 atom stereocenters. The number of hydrogen-bond donors (Lipinski definition) is 1. The molecule has 1 heterocycles. The Labute approximate surface area is 181 Å². The summed E-state index contributed by atoms with van der Waals surface area (Å²) in [6.07, 6.45) is -3.95. The van der Waals surface area contributed by atoms with Gasteiger partial charge in [0.25, 0.3) is 0 Å². The van der Waals surface area contributed by atoms with E-state index in [2.05, 4.69) is 5.32 Å². The fraction of sp³-hybridized carbons (Fsp3) is 0.316. The molecule has 162 valence electrons. The summed E-state index contributed by atoms with van der Waals surface area (Å²) >= 11 is 11.4. The molecule has 1 fully saturated rings. The number of sulfonamides is 1. The van der Waals surface area contributed by atoms with Crippen molar-refractivity contribution in [2.45, 2.75) is 23.9 Å². The van der Waals surface area contributed by atoms with Crippen molar-refractivity contribution in [3.05, 3.63) is 58.1 Å². The van der Waals surface area contributed by atoms with Crippen LogP contribution in [-0.4, -0.2) is 31.7 Å². The van der Waals surface area contributed by atoms with Crippen LogP contribution in [0.4, 0.5) is 18.9 Å². The molecule has 2 aromatic rings. The molecule has 5 nitrogen and oxygen atoms in total. The van der Waals surface area contributed by atoms with Crippen LogP contribution in [0, 0.1) is 5.92 Å². The van der Waals surface area contributed by atoms with Crippen LogP contribution in [0.25, 0.3) is 0 Å². The average Bonchev–Trinajstić information content (AvgIpc) is 2.69. The molecule has 1 aliphatic rings. The van der Waals surface area contributed by atoms with Crippen molar-refractivity contribution in [1.29, 1.82) is 0 Å². The molecule has 0 radical (unpaired) electrons. The van der Waals surface area contributed by atoms with Gasteiger partial charge in [0.1, 0.15) is 0 Å². The van der Waals surface area contributed by atoms with Gasteiger partial charge in [-0.25, -0.2) is 8.42 Å². The van der Waals surface area contributed by atoms with Crippen molar-refractivity contribution >= 4 is 44.8 Å². The summed E-state index contributed by atoms with van der Waals surface area (Å²) in [5.74, 6) is -1.48. The second-order valence-corrected chi connectivity index (χ2v) is 9.64. The van der Waals surface area contributed by atoms with E-state index in [-0.39, 0.29) is 23.0 Å². The van der Waals surface area contributed by atoms with Gasteiger partial charge in [-0.15, -0.1) is 0 Å². The molecule has 1 N–H and O–H groups in total. The van der Waals surface area contributed by atoms with Crippen molar-refractivity contribution in [1.82, 2.24) is 4.31 Å². The monoisotopic (exact) mass is 480 g/mol. The Hall–Kier alpha value is -1.81. The number of amides is 1. The number of carbonyl (C=O) groups excluding carboxylic acids is 1. The van der Waals surface area contributed by atoms with Gasteiger partial charge in [0.15, 0.2) is 0 Å². The minimum atomic E-state index is -4.70. The number of alkyl halides is 3. The predicted octanol–water partition coefficient (Wildman–Crippen LogP) is 5.05. The lowest BCUT2D eigenvalue weighted by atomic mass is 9.98. The molecule has 2 aromatic carbocycles.